The van der Waals surface area contributed by atoms with Crippen LogP contribution in [0.3, 0.4) is 0 Å². The minimum absolute atomic E-state index is 0.165. The Kier molecular flexibility index (Phi) is 5.11. The molecule has 0 saturated heterocycles. The highest BCUT2D eigenvalue weighted by atomic mass is 19.3. The van der Waals surface area contributed by atoms with E-state index >= 15 is 0 Å². The number of nitrogens with one attached hydrogen (secondary N) is 1. The second-order valence-electron chi connectivity index (χ2n) is 4.69. The zero-order valence-electron chi connectivity index (χ0n) is 11.6. The monoisotopic (exact) mass is 293 g/mol. The molecule has 2 N–H and O–H groups in total. The predicted octanol–water partition coefficient (Wildman–Crippen LogP) is 3.84. The smallest absolute Gasteiger partial charge is 0.387 e. The Morgan fingerprint density at radius 2 is 1.90 bits per heavy atom. The largest absolute Gasteiger partial charge is 0.508 e. The number of para-hydroxylation sites is 1. The van der Waals surface area contributed by atoms with Gasteiger partial charge in [-0.25, -0.2) is 0 Å². The van der Waals surface area contributed by atoms with Crippen LogP contribution < -0.4 is 10.1 Å². The fourth-order valence-electron chi connectivity index (χ4n) is 2.09. The van der Waals surface area contributed by atoms with Crippen molar-refractivity contribution in [3.63, 3.8) is 0 Å². The van der Waals surface area contributed by atoms with Crippen LogP contribution in [0.1, 0.15) is 24.1 Å². The molecular weight excluding hydrogens is 276 g/mol. The highest BCUT2D eigenvalue weighted by Crippen LogP contribution is 2.26. The van der Waals surface area contributed by atoms with Gasteiger partial charge in [0.05, 0.1) is 0 Å². The van der Waals surface area contributed by atoms with Gasteiger partial charge in [0.1, 0.15) is 11.5 Å². The second-order valence-corrected chi connectivity index (χ2v) is 4.69. The maximum Gasteiger partial charge on any atom is 0.387 e. The summed E-state index contributed by atoms with van der Waals surface area (Å²) in [4.78, 5) is 0. The Morgan fingerprint density at radius 3 is 2.62 bits per heavy atom. The number of rotatable bonds is 6. The average molecular weight is 293 g/mol. The van der Waals surface area contributed by atoms with Crippen LogP contribution in [-0.4, -0.2) is 11.7 Å². The summed E-state index contributed by atoms with van der Waals surface area (Å²) >= 11 is 0. The molecule has 0 aliphatic heterocycles. The number of phenols is 1. The Bertz CT molecular complexity index is 590. The number of alkyl halides is 2. The molecule has 3 nitrogen and oxygen atoms in total. The second kappa shape index (κ2) is 7.04. The highest BCUT2D eigenvalue weighted by molar-refractivity contribution is 5.36. The molecule has 2 aromatic rings. The molecule has 0 amide bonds. The lowest BCUT2D eigenvalue weighted by atomic mass is 10.1. The van der Waals surface area contributed by atoms with Crippen LogP contribution in [-0.2, 0) is 6.54 Å². The first-order valence-electron chi connectivity index (χ1n) is 6.61. The third-order valence-corrected chi connectivity index (χ3v) is 3.12. The number of hydrogen-bond acceptors (Lipinski definition) is 3. The molecule has 0 fully saturated rings. The molecule has 0 aliphatic rings. The summed E-state index contributed by atoms with van der Waals surface area (Å²) in [6.07, 6.45) is 0. The van der Waals surface area contributed by atoms with Gasteiger partial charge in [-0.05, 0) is 30.7 Å². The minimum atomic E-state index is -2.84. The van der Waals surface area contributed by atoms with Crippen molar-refractivity contribution in [1.82, 2.24) is 5.32 Å². The Balaban J connectivity index is 2.04. The van der Waals surface area contributed by atoms with Gasteiger partial charge >= 0.3 is 6.61 Å². The molecule has 0 aliphatic carbocycles. The molecule has 0 radical (unpaired) electrons. The van der Waals surface area contributed by atoms with E-state index in [2.05, 4.69) is 10.1 Å². The zero-order valence-corrected chi connectivity index (χ0v) is 11.6. The van der Waals surface area contributed by atoms with Crippen molar-refractivity contribution >= 4 is 0 Å². The van der Waals surface area contributed by atoms with Crippen molar-refractivity contribution in [3.05, 3.63) is 59.7 Å². The van der Waals surface area contributed by atoms with E-state index < -0.39 is 6.61 Å². The summed E-state index contributed by atoms with van der Waals surface area (Å²) in [5, 5.41) is 12.6. The number of phenolic OH excluding ortho intramolecular Hbond substituents is 1. The maximum atomic E-state index is 12.4. The van der Waals surface area contributed by atoms with Gasteiger partial charge in [0.25, 0.3) is 0 Å². The first-order valence-corrected chi connectivity index (χ1v) is 6.61. The van der Waals surface area contributed by atoms with Gasteiger partial charge in [-0.2, -0.15) is 8.78 Å². The standard InChI is InChI=1S/C16H17F2NO2/c1-11(19-10-12-5-4-6-13(20)9-12)14-7-2-3-8-15(14)21-16(17)18/h2-9,11,16,19-20H,10H2,1H3. The molecule has 0 saturated carbocycles. The maximum absolute atomic E-state index is 12.4. The van der Waals surface area contributed by atoms with Crippen LogP contribution in [0, 0.1) is 0 Å². The van der Waals surface area contributed by atoms with E-state index in [9.17, 15) is 13.9 Å². The van der Waals surface area contributed by atoms with Gasteiger partial charge in [0.2, 0.25) is 0 Å². The molecule has 0 bridgehead atoms. The van der Waals surface area contributed by atoms with Crippen LogP contribution >= 0.6 is 0 Å². The lowest BCUT2D eigenvalue weighted by molar-refractivity contribution is -0.0506. The predicted molar refractivity (Wildman–Crippen MR) is 76.4 cm³/mol. The third-order valence-electron chi connectivity index (χ3n) is 3.12. The quantitative estimate of drug-likeness (QED) is 0.850. The summed E-state index contributed by atoms with van der Waals surface area (Å²) in [7, 11) is 0. The number of hydrogen-bond donors (Lipinski definition) is 2. The first-order chi connectivity index (χ1) is 10.1. The molecule has 1 atom stereocenters. The van der Waals surface area contributed by atoms with E-state index in [1.807, 2.05) is 13.0 Å². The fraction of sp³-hybridized carbons (Fsp3) is 0.250. The van der Waals surface area contributed by atoms with Crippen molar-refractivity contribution in [2.75, 3.05) is 0 Å². The summed E-state index contributed by atoms with van der Waals surface area (Å²) < 4.78 is 29.3. The van der Waals surface area contributed by atoms with Crippen molar-refractivity contribution in [1.29, 1.82) is 0 Å². The SMILES string of the molecule is CC(NCc1cccc(O)c1)c1ccccc1OC(F)F. The molecule has 0 aromatic heterocycles. The molecule has 21 heavy (non-hydrogen) atoms. The minimum Gasteiger partial charge on any atom is -0.508 e. The molecule has 2 rings (SSSR count). The van der Waals surface area contributed by atoms with Crippen molar-refractivity contribution in [2.24, 2.45) is 0 Å². The normalized spacial score (nSPS) is 12.4. The summed E-state index contributed by atoms with van der Waals surface area (Å²) in [5.74, 6) is 0.367. The molecule has 112 valence electrons. The van der Waals surface area contributed by atoms with Gasteiger partial charge in [-0.15, -0.1) is 0 Å². The van der Waals surface area contributed by atoms with Gasteiger partial charge < -0.3 is 15.2 Å². The zero-order chi connectivity index (χ0) is 15.2. The van der Waals surface area contributed by atoms with Crippen LogP contribution in [0.25, 0.3) is 0 Å². The van der Waals surface area contributed by atoms with Gasteiger partial charge in [-0.1, -0.05) is 30.3 Å². The summed E-state index contributed by atoms with van der Waals surface area (Å²) in [6.45, 7) is -0.459. The highest BCUT2D eigenvalue weighted by Gasteiger charge is 2.14. The molecule has 0 spiro atoms. The van der Waals surface area contributed by atoms with Crippen LogP contribution in [0.2, 0.25) is 0 Å². The Hall–Kier alpha value is -2.14. The van der Waals surface area contributed by atoms with Crippen molar-refractivity contribution in [3.8, 4) is 11.5 Å². The Labute approximate surface area is 122 Å². The summed E-state index contributed by atoms with van der Waals surface area (Å²) in [5.41, 5.74) is 1.58. The van der Waals surface area contributed by atoms with E-state index in [4.69, 9.17) is 0 Å². The summed E-state index contributed by atoms with van der Waals surface area (Å²) in [6, 6.07) is 13.4. The topological polar surface area (TPSA) is 41.5 Å². The van der Waals surface area contributed by atoms with Crippen molar-refractivity contribution in [2.45, 2.75) is 26.1 Å². The number of benzene rings is 2. The van der Waals surface area contributed by atoms with Gasteiger partial charge in [0, 0.05) is 18.2 Å². The Morgan fingerprint density at radius 1 is 1.14 bits per heavy atom. The van der Waals surface area contributed by atoms with Crippen molar-refractivity contribution < 1.29 is 18.6 Å². The lowest BCUT2D eigenvalue weighted by Gasteiger charge is -2.18. The van der Waals surface area contributed by atoms with E-state index in [0.717, 1.165) is 5.56 Å². The molecular formula is C16H17F2NO2. The van der Waals surface area contributed by atoms with Gasteiger partial charge in [-0.3, -0.25) is 0 Å². The van der Waals surface area contributed by atoms with E-state index in [1.54, 1.807) is 36.4 Å². The fourth-order valence-corrected chi connectivity index (χ4v) is 2.09. The third kappa shape index (κ3) is 4.43. The van der Waals surface area contributed by atoms with E-state index in [1.165, 1.54) is 6.07 Å². The molecule has 0 heterocycles. The van der Waals surface area contributed by atoms with Gasteiger partial charge in [0.15, 0.2) is 0 Å². The molecule has 2 aromatic carbocycles. The number of halogens is 2. The van der Waals surface area contributed by atoms with Crippen LogP contribution in [0.5, 0.6) is 11.5 Å². The first kappa shape index (κ1) is 15.3. The van der Waals surface area contributed by atoms with Crippen LogP contribution in [0.15, 0.2) is 48.5 Å². The molecule has 5 heteroatoms. The van der Waals surface area contributed by atoms with E-state index in [0.29, 0.717) is 12.1 Å². The molecule has 1 unspecified atom stereocenters. The number of aromatic hydroxyl groups is 1. The lowest BCUT2D eigenvalue weighted by Crippen LogP contribution is -2.19. The number of ether oxygens (including phenoxy) is 1. The average Bonchev–Trinajstić information content (AvgIpc) is 2.45. The van der Waals surface area contributed by atoms with Crippen LogP contribution in [0.4, 0.5) is 8.78 Å². The van der Waals surface area contributed by atoms with E-state index in [-0.39, 0.29) is 17.5 Å².